The number of ketones is 1. The van der Waals surface area contributed by atoms with Gasteiger partial charge in [0.1, 0.15) is 4.88 Å². The number of aryl methyl sites for hydroxylation is 1. The second-order valence-corrected chi connectivity index (χ2v) is 5.80. The van der Waals surface area contributed by atoms with Gasteiger partial charge in [-0.3, -0.25) is 4.79 Å². The zero-order valence-corrected chi connectivity index (χ0v) is 10.9. The van der Waals surface area contributed by atoms with Crippen LogP contribution in [0.15, 0.2) is 6.08 Å². The number of allylic oxidation sites excluding steroid dienone is 1. The quantitative estimate of drug-likeness (QED) is 0.713. The third-order valence-electron chi connectivity index (χ3n) is 2.33. The minimum Gasteiger partial charge on any atom is -0.293 e. The van der Waals surface area contributed by atoms with Crippen molar-refractivity contribution >= 4 is 44.6 Å². The number of fused-ring (bicyclic) bond motifs is 1. The summed E-state index contributed by atoms with van der Waals surface area (Å²) in [6.07, 6.45) is 3.88. The highest BCUT2D eigenvalue weighted by Crippen LogP contribution is 2.40. The average molecular weight is 254 g/mol. The van der Waals surface area contributed by atoms with Gasteiger partial charge in [-0.05, 0) is 19.9 Å². The van der Waals surface area contributed by atoms with Gasteiger partial charge >= 0.3 is 0 Å². The number of rotatable bonds is 2. The summed E-state index contributed by atoms with van der Waals surface area (Å²) in [5.74, 6) is -0.550. The summed E-state index contributed by atoms with van der Waals surface area (Å²) in [7, 11) is 0. The second kappa shape index (κ2) is 4.11. The van der Waals surface area contributed by atoms with Gasteiger partial charge in [0.15, 0.2) is 11.6 Å². The molecule has 0 amide bonds. The maximum absolute atomic E-state index is 14.0. The zero-order chi connectivity index (χ0) is 11.9. The summed E-state index contributed by atoms with van der Waals surface area (Å²) in [6.45, 7) is 5.22. The molecule has 0 spiro atoms. The van der Waals surface area contributed by atoms with E-state index in [1.807, 2.05) is 26.0 Å². The highest BCUT2D eigenvalue weighted by Gasteiger charge is 2.20. The summed E-state index contributed by atoms with van der Waals surface area (Å²) in [5.41, 5.74) is 0. The summed E-state index contributed by atoms with van der Waals surface area (Å²) in [6, 6.07) is 0. The molecule has 0 aliphatic carbocycles. The maximum Gasteiger partial charge on any atom is 0.172 e. The van der Waals surface area contributed by atoms with Crippen molar-refractivity contribution in [2.24, 2.45) is 0 Å². The van der Waals surface area contributed by atoms with Crippen LogP contribution < -0.4 is 0 Å². The van der Waals surface area contributed by atoms with Crippen LogP contribution >= 0.6 is 22.7 Å². The Morgan fingerprint density at radius 2 is 2.06 bits per heavy atom. The van der Waals surface area contributed by atoms with E-state index in [0.29, 0.717) is 5.39 Å². The minimum atomic E-state index is -0.350. The maximum atomic E-state index is 14.0. The molecule has 84 valence electrons. The minimum absolute atomic E-state index is 0.200. The van der Waals surface area contributed by atoms with Crippen molar-refractivity contribution in [1.29, 1.82) is 0 Å². The monoisotopic (exact) mass is 254 g/mol. The topological polar surface area (TPSA) is 17.1 Å². The molecule has 0 aliphatic heterocycles. The summed E-state index contributed by atoms with van der Waals surface area (Å²) < 4.78 is 14.9. The molecule has 16 heavy (non-hydrogen) atoms. The molecule has 0 fully saturated rings. The summed E-state index contributed by atoms with van der Waals surface area (Å²) >= 11 is 2.82. The Hall–Kier alpha value is -1.00. The Kier molecular flexibility index (Phi) is 2.95. The Labute approximate surface area is 101 Å². The van der Waals surface area contributed by atoms with Crippen LogP contribution in [0.1, 0.15) is 33.3 Å². The van der Waals surface area contributed by atoms with Gasteiger partial charge in [-0.15, -0.1) is 22.7 Å². The fourth-order valence-electron chi connectivity index (χ4n) is 1.65. The normalized spacial score (nSPS) is 11.8. The Bertz CT molecular complexity index is 590. The van der Waals surface area contributed by atoms with Crippen molar-refractivity contribution in [2.45, 2.75) is 20.8 Å². The standard InChI is InChI=1S/C12H11FOS2/c1-4-5-8-12-9(7(3)15-8)10(13)11(16-12)6(2)14/h4-5H,1-3H3/b5-4+. The lowest BCUT2D eigenvalue weighted by Crippen LogP contribution is -1.90. The molecule has 0 bridgehead atoms. The van der Waals surface area contributed by atoms with Crippen LogP contribution in [0.2, 0.25) is 0 Å². The molecule has 2 heterocycles. The fraction of sp³-hybridized carbons (Fsp3) is 0.250. The molecule has 2 aromatic heterocycles. The molecule has 0 radical (unpaired) electrons. The van der Waals surface area contributed by atoms with Crippen molar-refractivity contribution in [3.05, 3.63) is 26.5 Å². The molecule has 0 saturated carbocycles. The molecule has 2 aromatic rings. The first-order chi connectivity index (χ1) is 7.56. The van der Waals surface area contributed by atoms with E-state index in [9.17, 15) is 9.18 Å². The largest absolute Gasteiger partial charge is 0.293 e. The van der Waals surface area contributed by atoms with Crippen LogP contribution in [0, 0.1) is 12.7 Å². The molecule has 0 atom stereocenters. The van der Waals surface area contributed by atoms with Gasteiger partial charge in [-0.25, -0.2) is 4.39 Å². The van der Waals surface area contributed by atoms with E-state index < -0.39 is 0 Å². The van der Waals surface area contributed by atoms with Gasteiger partial charge in [0.2, 0.25) is 0 Å². The molecule has 0 N–H and O–H groups in total. The number of hydrogen-bond donors (Lipinski definition) is 0. The van der Waals surface area contributed by atoms with Crippen molar-refractivity contribution in [2.75, 3.05) is 0 Å². The molecule has 0 unspecified atom stereocenters. The number of hydrogen-bond acceptors (Lipinski definition) is 3. The van der Waals surface area contributed by atoms with E-state index >= 15 is 0 Å². The SMILES string of the molecule is C/C=C/c1sc(C)c2c(F)c(C(C)=O)sc12. The van der Waals surface area contributed by atoms with E-state index in [0.717, 1.165) is 14.5 Å². The Morgan fingerprint density at radius 1 is 1.38 bits per heavy atom. The molecule has 0 saturated heterocycles. The zero-order valence-electron chi connectivity index (χ0n) is 9.26. The van der Waals surface area contributed by atoms with E-state index in [1.165, 1.54) is 18.3 Å². The molecular formula is C12H11FOS2. The van der Waals surface area contributed by atoms with E-state index in [-0.39, 0.29) is 16.5 Å². The lowest BCUT2D eigenvalue weighted by atomic mass is 10.2. The lowest BCUT2D eigenvalue weighted by molar-refractivity contribution is 0.101. The second-order valence-electron chi connectivity index (χ2n) is 3.53. The third-order valence-corrected chi connectivity index (χ3v) is 4.83. The van der Waals surface area contributed by atoms with Gasteiger partial charge in [0.25, 0.3) is 0 Å². The van der Waals surface area contributed by atoms with Crippen LogP contribution in [0.3, 0.4) is 0 Å². The number of carbonyl (C=O) groups is 1. The van der Waals surface area contributed by atoms with Gasteiger partial charge < -0.3 is 0 Å². The first kappa shape index (κ1) is 11.5. The summed E-state index contributed by atoms with van der Waals surface area (Å²) in [5, 5.41) is 0.619. The van der Waals surface area contributed by atoms with Crippen molar-refractivity contribution in [3.63, 3.8) is 0 Å². The highest BCUT2D eigenvalue weighted by molar-refractivity contribution is 7.26. The average Bonchev–Trinajstić information content (AvgIpc) is 2.68. The molecular weight excluding hydrogens is 243 g/mol. The van der Waals surface area contributed by atoms with Crippen LogP contribution in [0.25, 0.3) is 16.2 Å². The van der Waals surface area contributed by atoms with Crippen molar-refractivity contribution in [3.8, 4) is 0 Å². The predicted molar refractivity (Wildman–Crippen MR) is 69.1 cm³/mol. The van der Waals surface area contributed by atoms with Gasteiger partial charge in [0, 0.05) is 22.1 Å². The van der Waals surface area contributed by atoms with Gasteiger partial charge in [-0.2, -0.15) is 0 Å². The highest BCUT2D eigenvalue weighted by atomic mass is 32.1. The number of thiophene rings is 2. The smallest absolute Gasteiger partial charge is 0.172 e. The van der Waals surface area contributed by atoms with Crippen LogP contribution in [-0.4, -0.2) is 5.78 Å². The van der Waals surface area contributed by atoms with Crippen molar-refractivity contribution < 1.29 is 9.18 Å². The van der Waals surface area contributed by atoms with Gasteiger partial charge in [0.05, 0.1) is 4.70 Å². The van der Waals surface area contributed by atoms with Crippen molar-refractivity contribution in [1.82, 2.24) is 0 Å². The Morgan fingerprint density at radius 3 is 2.62 bits per heavy atom. The van der Waals surface area contributed by atoms with E-state index in [1.54, 1.807) is 11.3 Å². The fourth-order valence-corrected chi connectivity index (χ4v) is 4.04. The third kappa shape index (κ3) is 1.62. The molecule has 0 aliphatic rings. The molecule has 1 nitrogen and oxygen atoms in total. The first-order valence-corrected chi connectivity index (χ1v) is 6.54. The van der Waals surface area contributed by atoms with Crippen LogP contribution in [0.5, 0.6) is 0 Å². The van der Waals surface area contributed by atoms with Gasteiger partial charge in [-0.1, -0.05) is 6.08 Å². The Balaban J connectivity index is 2.81. The number of carbonyl (C=O) groups excluding carboxylic acids is 1. The van der Waals surface area contributed by atoms with E-state index in [2.05, 4.69) is 0 Å². The molecule has 4 heteroatoms. The lowest BCUT2D eigenvalue weighted by Gasteiger charge is -1.89. The number of Topliss-reactive ketones (excluding diaryl/α,β-unsaturated/α-hetero) is 1. The molecule has 2 rings (SSSR count). The number of halogens is 1. The van der Waals surface area contributed by atoms with E-state index in [4.69, 9.17) is 0 Å². The molecule has 0 aromatic carbocycles. The predicted octanol–water partition coefficient (Wildman–Crippen LogP) is 4.65. The first-order valence-electron chi connectivity index (χ1n) is 4.91. The van der Waals surface area contributed by atoms with Crippen LogP contribution in [-0.2, 0) is 0 Å². The van der Waals surface area contributed by atoms with Crippen LogP contribution in [0.4, 0.5) is 4.39 Å². The summed E-state index contributed by atoms with van der Waals surface area (Å²) in [4.78, 5) is 13.5.